The number of carbonyl (C=O) groups is 4. The smallest absolute Gasteiger partial charge is 0.338 e. The Balaban J connectivity index is -0.000000120. The van der Waals surface area contributed by atoms with Gasteiger partial charge < -0.3 is 14.9 Å². The summed E-state index contributed by atoms with van der Waals surface area (Å²) >= 11 is -0.750. The van der Waals surface area contributed by atoms with Gasteiger partial charge in [0.05, 0.1) is 0 Å². The van der Waals surface area contributed by atoms with Gasteiger partial charge in [0.15, 0.2) is 0 Å². The summed E-state index contributed by atoms with van der Waals surface area (Å²) in [5.74, 6) is -3.06. The van der Waals surface area contributed by atoms with Crippen molar-refractivity contribution in [1.29, 1.82) is 0 Å². The Morgan fingerprint density at radius 3 is 0.864 bits per heavy atom. The second-order valence-corrected chi connectivity index (χ2v) is 2.50. The van der Waals surface area contributed by atoms with E-state index < -0.39 is 35.4 Å². The van der Waals surface area contributed by atoms with Crippen LogP contribution in [-0.4, -0.2) is 37.8 Å². The number of carbonyl (C=O) groups excluding carboxylic acids is 4. The third-order valence-electron chi connectivity index (χ3n) is 1.07. The fourth-order valence-electron chi connectivity index (χ4n) is 0.365. The van der Waals surface area contributed by atoms with Crippen LogP contribution in [0, 0.1) is 0 Å². The highest BCUT2D eigenvalue weighted by molar-refractivity contribution is 7.51. The highest BCUT2D eigenvalue weighted by Gasteiger charge is 2.00. The molecule has 0 heterocycles. The first-order valence-corrected chi connectivity index (χ1v) is 5.42. The van der Waals surface area contributed by atoms with Crippen LogP contribution in [0.3, 0.4) is 0 Å². The van der Waals surface area contributed by atoms with Crippen LogP contribution in [0.15, 0.2) is 50.6 Å². The van der Waals surface area contributed by atoms with Gasteiger partial charge in [-0.1, -0.05) is 26.3 Å². The molecule has 0 aromatic heterocycles. The van der Waals surface area contributed by atoms with Crippen LogP contribution in [-0.2, 0) is 40.2 Å². The maximum Gasteiger partial charge on any atom is 0.338 e. The molecule has 0 saturated carbocycles. The van der Waals surface area contributed by atoms with Gasteiger partial charge >= 0.3 is 35.4 Å². The number of esters is 4. The molecule has 22 heavy (non-hydrogen) atoms. The monoisotopic (exact) mass is 334 g/mol. The molecule has 0 bridgehead atoms. The average molecular weight is 334 g/mol. The molecule has 9 nitrogen and oxygen atoms in total. The maximum absolute atomic E-state index is 10.2. The lowest BCUT2D eigenvalue weighted by Gasteiger charge is -1.90. The van der Waals surface area contributed by atoms with Gasteiger partial charge in [-0.05, 0) is 0 Å². The molecule has 0 radical (unpaired) electrons. The Kier molecular flexibility index (Phi) is 25.3. The predicted octanol–water partition coefficient (Wildman–Crippen LogP) is -0.638. The van der Waals surface area contributed by atoms with E-state index in [0.717, 1.165) is 24.3 Å². The molecule has 0 unspecified atom stereocenters. The lowest BCUT2D eigenvalue weighted by Crippen LogP contribution is -2.05. The summed E-state index contributed by atoms with van der Waals surface area (Å²) < 4.78 is 24.7. The Bertz CT molecular complexity index is 399. The molecular weight excluding hydrogens is 320 g/mol. The van der Waals surface area contributed by atoms with E-state index in [-0.39, 0.29) is 5.48 Å². The molecule has 2 N–H and O–H groups in total. The zero-order valence-electron chi connectivity index (χ0n) is 11.3. The van der Waals surface area contributed by atoms with Gasteiger partial charge in [-0.15, -0.1) is 0 Å². The lowest BCUT2D eigenvalue weighted by molar-refractivity contribution is -0.154. The van der Waals surface area contributed by atoms with Gasteiger partial charge in [0.25, 0.3) is 0 Å². The summed E-state index contributed by atoms with van der Waals surface area (Å²) in [5.41, 5.74) is 0. The van der Waals surface area contributed by atoms with E-state index in [1.165, 1.54) is 0 Å². The summed E-state index contributed by atoms with van der Waals surface area (Å²) in [4.78, 5) is 40.7. The Morgan fingerprint density at radius 2 is 0.773 bits per heavy atom. The highest BCUT2D eigenvalue weighted by atomic mass is 32.1. The molecule has 0 aliphatic carbocycles. The molecule has 122 valence electrons. The molecule has 0 fully saturated rings. The van der Waals surface area contributed by atoms with E-state index in [4.69, 9.17) is 8.42 Å². The third-order valence-corrected chi connectivity index (χ3v) is 1.07. The molecular formula is C12H14O9S. The van der Waals surface area contributed by atoms with Gasteiger partial charge in [0.2, 0.25) is 0 Å². The van der Waals surface area contributed by atoms with Crippen molar-refractivity contribution < 1.29 is 42.5 Å². The van der Waals surface area contributed by atoms with Gasteiger partial charge in [-0.2, -0.15) is 8.42 Å². The minimum atomic E-state index is -0.764. The Morgan fingerprint density at radius 1 is 0.636 bits per heavy atom. The van der Waals surface area contributed by atoms with E-state index >= 15 is 0 Å². The summed E-state index contributed by atoms with van der Waals surface area (Å²) in [6.07, 6.45) is 3.62. The highest BCUT2D eigenvalue weighted by Crippen LogP contribution is 1.81. The third kappa shape index (κ3) is 25.8. The van der Waals surface area contributed by atoms with Gasteiger partial charge in [-0.25, -0.2) is 19.2 Å². The summed E-state index contributed by atoms with van der Waals surface area (Å²) in [6, 6.07) is 0. The van der Waals surface area contributed by atoms with Crippen molar-refractivity contribution in [2.45, 2.75) is 0 Å². The molecule has 10 heteroatoms. The molecule has 0 aromatic rings. The second kappa shape index (κ2) is 20.3. The summed E-state index contributed by atoms with van der Waals surface area (Å²) in [5, 5.41) is 0. The quantitative estimate of drug-likeness (QED) is 0.374. The minimum Gasteiger partial charge on any atom is -0.412 e. The van der Waals surface area contributed by atoms with Gasteiger partial charge in [-0.3, -0.25) is 0 Å². The molecule has 0 amide bonds. The molecule has 0 aliphatic heterocycles. The molecule has 0 rings (SSSR count). The molecule has 0 spiro atoms. The van der Waals surface area contributed by atoms with Crippen molar-refractivity contribution >= 4 is 35.4 Å². The van der Waals surface area contributed by atoms with Crippen molar-refractivity contribution in [2.75, 3.05) is 0 Å². The minimum absolute atomic E-state index is 0. The normalized spacial score (nSPS) is 6.73. The number of hydrogen-bond donors (Lipinski definition) is 0. The van der Waals surface area contributed by atoms with Crippen LogP contribution in [0.2, 0.25) is 0 Å². The standard InChI is InChI=1S/2C6H6O3.O2S.H2O/c2*1-3-5(7)9-6(8)4-2;1-3-2;/h2*3-4H,1-2H2;;1H2. The Labute approximate surface area is 129 Å². The van der Waals surface area contributed by atoms with Gasteiger partial charge in [0.1, 0.15) is 0 Å². The van der Waals surface area contributed by atoms with Crippen molar-refractivity contribution in [3.05, 3.63) is 50.6 Å². The zero-order valence-corrected chi connectivity index (χ0v) is 12.1. The summed E-state index contributed by atoms with van der Waals surface area (Å²) in [7, 11) is 0. The maximum atomic E-state index is 10.2. The van der Waals surface area contributed by atoms with E-state index in [9.17, 15) is 19.2 Å². The van der Waals surface area contributed by atoms with E-state index in [1.54, 1.807) is 0 Å². The average Bonchev–Trinajstić information content (AvgIpc) is 2.47. The van der Waals surface area contributed by atoms with Crippen LogP contribution in [0.1, 0.15) is 0 Å². The van der Waals surface area contributed by atoms with E-state index in [0.29, 0.717) is 0 Å². The molecule has 0 atom stereocenters. The van der Waals surface area contributed by atoms with Crippen molar-refractivity contribution in [1.82, 2.24) is 0 Å². The molecule has 0 aromatic carbocycles. The largest absolute Gasteiger partial charge is 0.412 e. The summed E-state index contributed by atoms with van der Waals surface area (Å²) in [6.45, 7) is 12.3. The lowest BCUT2D eigenvalue weighted by atomic mass is 10.6. The predicted molar refractivity (Wildman–Crippen MR) is 75.5 cm³/mol. The van der Waals surface area contributed by atoms with Gasteiger partial charge in [0, 0.05) is 24.3 Å². The van der Waals surface area contributed by atoms with E-state index in [2.05, 4.69) is 35.8 Å². The first-order valence-electron chi connectivity index (χ1n) is 4.75. The Hall–Kier alpha value is -2.98. The first kappa shape index (κ1) is 27.4. The first-order chi connectivity index (χ1) is 9.82. The van der Waals surface area contributed by atoms with Crippen LogP contribution in [0.5, 0.6) is 0 Å². The topological polar surface area (TPSA) is 152 Å². The number of ether oxygens (including phenoxy) is 2. The molecule has 0 aliphatic rings. The van der Waals surface area contributed by atoms with Crippen molar-refractivity contribution in [3.8, 4) is 0 Å². The van der Waals surface area contributed by atoms with Crippen LogP contribution in [0.25, 0.3) is 0 Å². The van der Waals surface area contributed by atoms with Crippen LogP contribution in [0.4, 0.5) is 0 Å². The number of hydrogen-bond acceptors (Lipinski definition) is 8. The second-order valence-electron chi connectivity index (χ2n) is 2.36. The molecule has 0 saturated heterocycles. The van der Waals surface area contributed by atoms with Crippen LogP contribution < -0.4 is 0 Å². The fourth-order valence-corrected chi connectivity index (χ4v) is 0.365. The van der Waals surface area contributed by atoms with Crippen molar-refractivity contribution in [2.24, 2.45) is 0 Å². The SMILES string of the molecule is C=CC(=O)OC(=O)C=C.C=CC(=O)OC(=O)C=C.O.O=S=O. The number of rotatable bonds is 4. The fraction of sp³-hybridized carbons (Fsp3) is 0. The van der Waals surface area contributed by atoms with E-state index in [1.807, 2.05) is 0 Å². The van der Waals surface area contributed by atoms with Crippen molar-refractivity contribution in [3.63, 3.8) is 0 Å². The zero-order chi connectivity index (χ0) is 17.3. The van der Waals surface area contributed by atoms with Crippen LogP contribution >= 0.6 is 0 Å².